The van der Waals surface area contributed by atoms with Crippen LogP contribution < -0.4 is 11.5 Å². The topological polar surface area (TPSA) is 142 Å². The summed E-state index contributed by atoms with van der Waals surface area (Å²) >= 11 is 0. The summed E-state index contributed by atoms with van der Waals surface area (Å²) in [5.74, 6) is -4.35. The Morgan fingerprint density at radius 1 is 1.34 bits per heavy atom. The molecular weight excluding hydrogens is 492 g/mol. The van der Waals surface area contributed by atoms with Crippen molar-refractivity contribution in [2.75, 3.05) is 20.2 Å². The average molecular weight is 526 g/mol. The number of carbonyl (C=O) groups is 1. The number of carbonyl (C=O) groups excluding carboxylic acids is 1. The molecule has 11 heteroatoms. The minimum absolute atomic E-state index is 0.111. The highest BCUT2D eigenvalue weighted by Gasteiger charge is 2.63. The van der Waals surface area contributed by atoms with E-state index in [1.54, 1.807) is 6.08 Å². The summed E-state index contributed by atoms with van der Waals surface area (Å²) < 4.78 is 35.6. The summed E-state index contributed by atoms with van der Waals surface area (Å²) in [5.41, 5.74) is 12.8. The number of primary amides is 1. The van der Waals surface area contributed by atoms with E-state index in [-0.39, 0.29) is 18.7 Å². The van der Waals surface area contributed by atoms with Crippen LogP contribution in [0.5, 0.6) is 0 Å². The van der Waals surface area contributed by atoms with Gasteiger partial charge in [0.1, 0.15) is 11.2 Å². The third-order valence-corrected chi connectivity index (χ3v) is 6.67. The zero-order chi connectivity index (χ0) is 28.1. The fourth-order valence-electron chi connectivity index (χ4n) is 4.67. The van der Waals surface area contributed by atoms with Gasteiger partial charge in [0.15, 0.2) is 5.84 Å². The summed E-state index contributed by atoms with van der Waals surface area (Å²) in [6.07, 6.45) is 3.44. The number of benzene rings is 1. The molecule has 202 valence electrons. The zero-order valence-electron chi connectivity index (χ0n) is 21.9. The van der Waals surface area contributed by atoms with Crippen molar-refractivity contribution in [1.82, 2.24) is 4.90 Å². The van der Waals surface area contributed by atoms with Gasteiger partial charge in [-0.1, -0.05) is 12.1 Å². The van der Waals surface area contributed by atoms with Gasteiger partial charge in [-0.25, -0.2) is 8.78 Å². The van der Waals surface area contributed by atoms with E-state index in [9.17, 15) is 13.6 Å². The molecule has 4 N–H and O–H groups in total. The van der Waals surface area contributed by atoms with Crippen LogP contribution in [-0.4, -0.2) is 61.0 Å². The van der Waals surface area contributed by atoms with Crippen LogP contribution >= 0.6 is 0 Å². The second-order valence-electron chi connectivity index (χ2n) is 9.29. The van der Waals surface area contributed by atoms with Gasteiger partial charge in [0.05, 0.1) is 24.8 Å². The molecule has 0 unspecified atom stereocenters. The number of hydrogen-bond acceptors (Lipinski definition) is 7. The SMILES string of the molecule is C=N/C(Cc1c(C)cc(/C=C/C#N)cc1C)=C1\C(=NC2(C(F)(F)CC(N)=O)CC2)N=C2OCCCN21.CN. The Kier molecular flexibility index (Phi) is 8.78. The minimum atomic E-state index is -3.39. The molecule has 1 saturated carbocycles. The van der Waals surface area contributed by atoms with E-state index in [2.05, 4.69) is 27.4 Å². The lowest BCUT2D eigenvalue weighted by atomic mass is 9.95. The van der Waals surface area contributed by atoms with Crippen molar-refractivity contribution in [2.45, 2.75) is 57.4 Å². The Morgan fingerprint density at radius 2 is 2.00 bits per heavy atom. The first kappa shape index (κ1) is 28.7. The number of aryl methyl sites for hydroxylation is 2. The van der Waals surface area contributed by atoms with E-state index in [1.165, 1.54) is 13.1 Å². The first-order valence-electron chi connectivity index (χ1n) is 12.3. The second kappa shape index (κ2) is 11.6. The molecule has 4 rings (SSSR count). The number of nitrogens with two attached hydrogens (primary N) is 2. The van der Waals surface area contributed by atoms with E-state index in [0.717, 1.165) is 28.7 Å². The molecule has 2 aliphatic heterocycles. The van der Waals surface area contributed by atoms with Gasteiger partial charge in [-0.2, -0.15) is 10.3 Å². The van der Waals surface area contributed by atoms with Crippen LogP contribution in [0.4, 0.5) is 8.78 Å². The fourth-order valence-corrected chi connectivity index (χ4v) is 4.67. The predicted octanol–water partition coefficient (Wildman–Crippen LogP) is 3.40. The predicted molar refractivity (Wildman–Crippen MR) is 144 cm³/mol. The average Bonchev–Trinajstić information content (AvgIpc) is 3.58. The van der Waals surface area contributed by atoms with E-state index < -0.39 is 23.8 Å². The van der Waals surface area contributed by atoms with E-state index in [1.807, 2.05) is 36.9 Å². The van der Waals surface area contributed by atoms with E-state index in [4.69, 9.17) is 15.7 Å². The fraction of sp³-hybridized carbons (Fsp3) is 0.444. The Hall–Kier alpha value is -3.91. The van der Waals surface area contributed by atoms with Crippen molar-refractivity contribution in [2.24, 2.45) is 26.4 Å². The number of hydrogen-bond donors (Lipinski definition) is 2. The van der Waals surface area contributed by atoms with Crippen molar-refractivity contribution < 1.29 is 18.3 Å². The Balaban J connectivity index is 0.00000195. The van der Waals surface area contributed by atoms with Crippen LogP contribution in [0.3, 0.4) is 0 Å². The number of ether oxygens (including phenoxy) is 1. The molecule has 9 nitrogen and oxygen atoms in total. The Bertz CT molecular complexity index is 1250. The summed E-state index contributed by atoms with van der Waals surface area (Å²) in [6, 6.07) is 6.24. The van der Waals surface area contributed by atoms with Crippen molar-refractivity contribution in [3.05, 3.63) is 51.9 Å². The number of nitrogens with zero attached hydrogens (tertiary/aromatic N) is 5. The molecule has 1 aromatic rings. The number of rotatable bonds is 8. The minimum Gasteiger partial charge on any atom is -0.465 e. The number of alkyl halides is 2. The van der Waals surface area contributed by atoms with Gasteiger partial charge in [0, 0.05) is 19.0 Å². The molecule has 1 aromatic carbocycles. The van der Waals surface area contributed by atoms with Gasteiger partial charge in [0.2, 0.25) is 5.91 Å². The van der Waals surface area contributed by atoms with Crippen molar-refractivity contribution >= 4 is 30.6 Å². The van der Waals surface area contributed by atoms with Gasteiger partial charge in [0.25, 0.3) is 11.9 Å². The number of aliphatic imine (C=N–C) groups is 3. The summed E-state index contributed by atoms with van der Waals surface area (Å²) in [6.45, 7) is 8.73. The van der Waals surface area contributed by atoms with E-state index in [0.29, 0.717) is 37.0 Å². The highest BCUT2D eigenvalue weighted by Crippen LogP contribution is 2.53. The maximum absolute atomic E-state index is 14.9. The summed E-state index contributed by atoms with van der Waals surface area (Å²) in [7, 11) is 1.50. The smallest absolute Gasteiger partial charge is 0.298 e. The monoisotopic (exact) mass is 525 g/mol. The van der Waals surface area contributed by atoms with Gasteiger partial charge in [-0.3, -0.25) is 19.7 Å². The lowest BCUT2D eigenvalue weighted by Crippen LogP contribution is -2.39. The molecule has 0 aromatic heterocycles. The highest BCUT2D eigenvalue weighted by molar-refractivity contribution is 6.12. The summed E-state index contributed by atoms with van der Waals surface area (Å²) in [5, 5.41) is 8.82. The second-order valence-corrected chi connectivity index (χ2v) is 9.29. The van der Waals surface area contributed by atoms with Crippen LogP contribution in [0.15, 0.2) is 44.6 Å². The summed E-state index contributed by atoms with van der Waals surface area (Å²) in [4.78, 5) is 26.2. The number of allylic oxidation sites excluding steroid dienone is 2. The zero-order valence-corrected chi connectivity index (χ0v) is 21.9. The van der Waals surface area contributed by atoms with Crippen molar-refractivity contribution in [3.63, 3.8) is 0 Å². The molecule has 38 heavy (non-hydrogen) atoms. The number of fused-ring (bicyclic) bond motifs is 1. The normalized spacial score (nSPS) is 20.1. The van der Waals surface area contributed by atoms with Crippen molar-refractivity contribution in [1.29, 1.82) is 5.26 Å². The lowest BCUT2D eigenvalue weighted by Gasteiger charge is -2.27. The van der Waals surface area contributed by atoms with Crippen LogP contribution in [0.25, 0.3) is 6.08 Å². The maximum atomic E-state index is 14.9. The molecule has 2 heterocycles. The molecule has 1 aliphatic carbocycles. The van der Waals surface area contributed by atoms with Gasteiger partial charge in [-0.05, 0) is 75.2 Å². The van der Waals surface area contributed by atoms with Gasteiger partial charge in [-0.15, -0.1) is 0 Å². The van der Waals surface area contributed by atoms with Crippen LogP contribution in [0.1, 0.15) is 47.9 Å². The van der Waals surface area contributed by atoms with Crippen molar-refractivity contribution in [3.8, 4) is 6.07 Å². The number of nitriles is 1. The lowest BCUT2D eigenvalue weighted by molar-refractivity contribution is -0.127. The quantitative estimate of drug-likeness (QED) is 0.395. The molecule has 1 saturated heterocycles. The molecule has 2 fully saturated rings. The molecule has 0 atom stereocenters. The first-order valence-corrected chi connectivity index (χ1v) is 12.3. The van der Waals surface area contributed by atoms with Crippen LogP contribution in [0, 0.1) is 25.2 Å². The third kappa shape index (κ3) is 5.81. The molecule has 0 bridgehead atoms. The largest absolute Gasteiger partial charge is 0.465 e. The third-order valence-electron chi connectivity index (χ3n) is 6.67. The van der Waals surface area contributed by atoms with Crippen LogP contribution in [-0.2, 0) is 16.0 Å². The molecular formula is C27H33F2N7O2. The number of amidine groups is 2. The molecule has 0 spiro atoms. The highest BCUT2D eigenvalue weighted by atomic mass is 19.3. The van der Waals surface area contributed by atoms with Gasteiger partial charge < -0.3 is 16.2 Å². The molecule has 1 amide bonds. The first-order chi connectivity index (χ1) is 18.1. The number of amides is 1. The van der Waals surface area contributed by atoms with E-state index >= 15 is 0 Å². The van der Waals surface area contributed by atoms with Gasteiger partial charge >= 0.3 is 0 Å². The Labute approximate surface area is 221 Å². The maximum Gasteiger partial charge on any atom is 0.298 e. The Morgan fingerprint density at radius 3 is 2.55 bits per heavy atom. The number of halogens is 2. The molecule has 3 aliphatic rings. The standard InChI is InChI=1S/C26H28F2N6O2.CH5N/c1-16-12-18(6-4-9-29)13-17(2)19(16)14-20(31-3)22-23(32-24-34(22)10-5-11-36-24)33-25(7-8-25)26(27,28)15-21(30)35;1-2/h4,6,12-13H,3,5,7-8,10-11,14-15H2,1-2H3,(H2,30,35);2H2,1H3/b6-4+,22-20+,33-23?;. The molecule has 0 radical (unpaired) electrons. The van der Waals surface area contributed by atoms with Crippen LogP contribution in [0.2, 0.25) is 0 Å².